The third-order valence-electron chi connectivity index (χ3n) is 0. The topological polar surface area (TPSA) is 0 Å². The summed E-state index contributed by atoms with van der Waals surface area (Å²) < 4.78 is 0. The molecule has 0 aliphatic rings. The van der Waals surface area contributed by atoms with Crippen molar-refractivity contribution in [3.63, 3.8) is 0 Å². The van der Waals surface area contributed by atoms with Gasteiger partial charge in [0.2, 0.25) is 0 Å². The van der Waals surface area contributed by atoms with Crippen LogP contribution >= 0.6 is 33.8 Å². The second kappa shape index (κ2) is 9.43. The van der Waals surface area contributed by atoms with E-state index in [1.54, 1.807) is 6.55 Å². The minimum atomic E-state index is -0.935. The van der Waals surface area contributed by atoms with Crippen molar-refractivity contribution in [2.45, 2.75) is 6.55 Å². The molecule has 0 N–H and O–H groups in total. The van der Waals surface area contributed by atoms with Gasteiger partial charge in [-0.1, -0.05) is 0 Å². The van der Waals surface area contributed by atoms with Crippen LogP contribution < -0.4 is 0 Å². The van der Waals surface area contributed by atoms with E-state index >= 15 is 0 Å². The molecule has 0 aromatic rings. The predicted molar refractivity (Wildman–Crippen MR) is 35.1 cm³/mol. The highest BCUT2D eigenvalue weighted by Crippen LogP contribution is 1.89. The molecule has 0 bridgehead atoms. The lowest BCUT2D eigenvalue weighted by atomic mass is 11.9. The molecule has 0 aliphatic carbocycles. The molecule has 0 aromatic heterocycles. The van der Waals surface area contributed by atoms with Crippen LogP contribution in [0.3, 0.4) is 0 Å². The van der Waals surface area contributed by atoms with Crippen molar-refractivity contribution in [1.29, 1.82) is 0 Å². The largest absolute Gasteiger partial charge is 0.270 e. The molecule has 6 heavy (non-hydrogen) atoms. The summed E-state index contributed by atoms with van der Waals surface area (Å²) in [4.78, 5) is 0. The van der Waals surface area contributed by atoms with Crippen LogP contribution in [-0.2, 0) is 0 Å². The molecule has 0 heterocycles. The number of rotatable bonds is 0. The van der Waals surface area contributed by atoms with Crippen LogP contribution in [-0.4, -0.2) is 13.8 Å². The molecular weight excluding hydrogens is 158 g/mol. The molecule has 0 saturated heterocycles. The van der Waals surface area contributed by atoms with E-state index in [4.69, 9.17) is 22.2 Å². The zero-order valence-electron chi connectivity index (χ0n) is 3.63. The van der Waals surface area contributed by atoms with Crippen molar-refractivity contribution in [2.24, 2.45) is 0 Å². The van der Waals surface area contributed by atoms with Gasteiger partial charge in [0, 0.05) is 6.38 Å². The molecule has 0 aliphatic heterocycles. The van der Waals surface area contributed by atoms with Crippen LogP contribution in [0.15, 0.2) is 0 Å². The fourth-order valence-corrected chi connectivity index (χ4v) is 0. The molecule has 0 nitrogen and oxygen atoms in total. The molecule has 1 radical (unpaired) electrons. The van der Waals surface area contributed by atoms with Gasteiger partial charge in [0.05, 0.1) is 0 Å². The lowest BCUT2D eigenvalue weighted by molar-refractivity contribution is 2.34. The maximum atomic E-state index is 5.14. The first-order valence-corrected chi connectivity index (χ1v) is 6.04. The highest BCUT2D eigenvalue weighted by Gasteiger charge is 1.82. The molecule has 0 rings (SSSR count). The van der Waals surface area contributed by atoms with Gasteiger partial charge in [-0.15, -0.1) is 33.8 Å². The third-order valence-corrected chi connectivity index (χ3v) is 0. The molecule has 0 spiro atoms. The second-order valence-corrected chi connectivity index (χ2v) is 5.33. The highest BCUT2D eigenvalue weighted by molar-refractivity contribution is 7.33. The quantitative estimate of drug-likeness (QED) is 0.293. The van der Waals surface area contributed by atoms with Crippen LogP contribution in [0.25, 0.3) is 0 Å². The number of alkyl halides is 1. The van der Waals surface area contributed by atoms with E-state index in [1.165, 1.54) is 6.38 Å². The van der Waals surface area contributed by atoms with E-state index in [-0.39, 0.29) is 0 Å². The zero-order chi connectivity index (χ0) is 5.58. The van der Waals surface area contributed by atoms with Crippen LogP contribution in [0.4, 0.5) is 0 Å². The third kappa shape index (κ3) is 71.9. The maximum Gasteiger partial charge on any atom is 0.270 e. The number of halogens is 3. The van der Waals surface area contributed by atoms with Crippen molar-refractivity contribution < 1.29 is 0 Å². The summed E-state index contributed by atoms with van der Waals surface area (Å²) in [5.74, 6) is 0. The smallest absolute Gasteiger partial charge is 0.147 e. The Morgan fingerprint density at radius 3 is 1.17 bits per heavy atom. The van der Waals surface area contributed by atoms with Crippen LogP contribution in [0, 0.1) is 0 Å². The molecule has 0 atom stereocenters. The first kappa shape index (κ1) is 10.1. The zero-order valence-corrected chi connectivity index (χ0v) is 6.90. The summed E-state index contributed by atoms with van der Waals surface area (Å²) in [5, 5.41) is 0. The minimum absolute atomic E-state index is 0.935. The van der Waals surface area contributed by atoms with Gasteiger partial charge in [-0.2, -0.15) is 0 Å². The minimum Gasteiger partial charge on any atom is -0.147 e. The standard InChI is InChI=1S/CH3Cl2Si.CH3Cl/c1-4(2)3;1-2/h1H3;1H3. The summed E-state index contributed by atoms with van der Waals surface area (Å²) in [6.07, 6.45) is 1.47. The Morgan fingerprint density at radius 1 is 1.17 bits per heavy atom. The molecule has 0 amide bonds. The molecule has 0 saturated carbocycles. The SMILES string of the molecule is CCl.C[Si](Cl)Cl. The normalized spacial score (nSPS) is 7.00. The number of hydrogen-bond donors (Lipinski definition) is 0. The first-order chi connectivity index (χ1) is 2.73. The predicted octanol–water partition coefficient (Wildman–Crippen LogP) is 2.44. The van der Waals surface area contributed by atoms with Crippen LogP contribution in [0.2, 0.25) is 6.55 Å². The summed E-state index contributed by atoms with van der Waals surface area (Å²) >= 11 is 14.9. The van der Waals surface area contributed by atoms with Gasteiger partial charge in [-0.25, -0.2) is 0 Å². The summed E-state index contributed by atoms with van der Waals surface area (Å²) in [6, 6.07) is 0. The van der Waals surface area contributed by atoms with Crippen molar-refractivity contribution >= 4 is 41.2 Å². The van der Waals surface area contributed by atoms with E-state index in [0.717, 1.165) is 0 Å². The van der Waals surface area contributed by atoms with E-state index in [9.17, 15) is 0 Å². The Bertz CT molecular complexity index is 13.5. The van der Waals surface area contributed by atoms with Crippen LogP contribution in [0.5, 0.6) is 0 Å². The van der Waals surface area contributed by atoms with Crippen LogP contribution in [0.1, 0.15) is 0 Å². The van der Waals surface area contributed by atoms with Gasteiger partial charge in [0.25, 0.3) is 7.42 Å². The summed E-state index contributed by atoms with van der Waals surface area (Å²) in [7, 11) is -0.935. The Morgan fingerprint density at radius 2 is 1.17 bits per heavy atom. The lowest BCUT2D eigenvalue weighted by Gasteiger charge is -1.66. The molecule has 0 unspecified atom stereocenters. The fraction of sp³-hybridized carbons (Fsp3) is 1.00. The molecule has 39 valence electrons. The van der Waals surface area contributed by atoms with Crippen molar-refractivity contribution in [3.8, 4) is 0 Å². The van der Waals surface area contributed by atoms with Gasteiger partial charge in [0.1, 0.15) is 0 Å². The molecule has 0 aromatic carbocycles. The van der Waals surface area contributed by atoms with E-state index in [1.807, 2.05) is 0 Å². The van der Waals surface area contributed by atoms with E-state index < -0.39 is 7.42 Å². The average molecular weight is 165 g/mol. The van der Waals surface area contributed by atoms with Gasteiger partial charge in [0.15, 0.2) is 0 Å². The molecule has 4 heteroatoms. The molecule has 0 fully saturated rings. The number of hydrogen-bond acceptors (Lipinski definition) is 0. The van der Waals surface area contributed by atoms with Crippen molar-refractivity contribution in [2.75, 3.05) is 6.38 Å². The fourth-order valence-electron chi connectivity index (χ4n) is 0. The lowest BCUT2D eigenvalue weighted by Crippen LogP contribution is -1.72. The van der Waals surface area contributed by atoms with Gasteiger partial charge in [-0.3, -0.25) is 0 Å². The second-order valence-electron chi connectivity index (χ2n) is 0.449. The highest BCUT2D eigenvalue weighted by atomic mass is 35.7. The van der Waals surface area contributed by atoms with E-state index in [0.29, 0.717) is 0 Å². The maximum absolute atomic E-state index is 5.14. The first-order valence-electron chi connectivity index (χ1n) is 1.26. The Balaban J connectivity index is 0. The van der Waals surface area contributed by atoms with Gasteiger partial charge < -0.3 is 0 Å². The van der Waals surface area contributed by atoms with Gasteiger partial charge in [-0.05, 0) is 6.55 Å². The van der Waals surface area contributed by atoms with Crippen molar-refractivity contribution in [1.82, 2.24) is 0 Å². The molecular formula is C2H6Cl3Si. The Kier molecular flexibility index (Phi) is 15.9. The van der Waals surface area contributed by atoms with Crippen molar-refractivity contribution in [3.05, 3.63) is 0 Å². The summed E-state index contributed by atoms with van der Waals surface area (Å²) in [6.45, 7) is 1.80. The van der Waals surface area contributed by atoms with E-state index in [2.05, 4.69) is 11.6 Å². The van der Waals surface area contributed by atoms with Gasteiger partial charge >= 0.3 is 0 Å². The monoisotopic (exact) mass is 163 g/mol. The Labute approximate surface area is 54.4 Å². The average Bonchev–Trinajstić information content (AvgIpc) is 1.41. The summed E-state index contributed by atoms with van der Waals surface area (Å²) in [5.41, 5.74) is 0. The Hall–Kier alpha value is 1.09.